The molecule has 122 valence electrons. The number of nitrogens with zero attached hydrogens (tertiary/aromatic N) is 1. The first-order valence-corrected chi connectivity index (χ1v) is 7.83. The zero-order chi connectivity index (χ0) is 15.9. The molecule has 1 aromatic rings. The van der Waals surface area contributed by atoms with E-state index in [0.29, 0.717) is 23.8 Å². The summed E-state index contributed by atoms with van der Waals surface area (Å²) in [4.78, 5) is 13.5. The zero-order valence-electron chi connectivity index (χ0n) is 13.1. The number of carbonyl (C=O) groups excluding carboxylic acids is 1. The Labute approximate surface area is 131 Å². The van der Waals surface area contributed by atoms with Gasteiger partial charge in [-0.15, -0.1) is 0 Å². The fourth-order valence-corrected chi connectivity index (χ4v) is 2.81. The monoisotopic (exact) mass is 307 g/mol. The average Bonchev–Trinajstić information content (AvgIpc) is 2.53. The first kappa shape index (κ1) is 16.9. The number of likely N-dealkylation sites (tertiary alicyclic amines) is 1. The van der Waals surface area contributed by atoms with E-state index in [9.17, 15) is 15.0 Å². The van der Waals surface area contributed by atoms with E-state index in [1.165, 1.54) is 6.92 Å². The Morgan fingerprint density at radius 1 is 1.50 bits per heavy atom. The number of piperidine rings is 1. The Bertz CT molecular complexity index is 491. The van der Waals surface area contributed by atoms with Crippen molar-refractivity contribution in [1.29, 1.82) is 0 Å². The van der Waals surface area contributed by atoms with E-state index in [1.54, 1.807) is 24.3 Å². The molecule has 0 amide bonds. The molecule has 1 saturated heterocycles. The Morgan fingerprint density at radius 2 is 2.32 bits per heavy atom. The summed E-state index contributed by atoms with van der Waals surface area (Å²) in [5.41, 5.74) is 0.605. The molecule has 2 N–H and O–H groups in total. The van der Waals surface area contributed by atoms with Crippen molar-refractivity contribution in [3.63, 3.8) is 0 Å². The van der Waals surface area contributed by atoms with Crippen LogP contribution in [0.15, 0.2) is 24.3 Å². The first-order valence-electron chi connectivity index (χ1n) is 7.83. The Morgan fingerprint density at radius 3 is 3.05 bits per heavy atom. The van der Waals surface area contributed by atoms with E-state index in [-0.39, 0.29) is 19.0 Å². The molecule has 1 aliphatic heterocycles. The molecule has 0 aliphatic carbocycles. The van der Waals surface area contributed by atoms with Gasteiger partial charge in [-0.1, -0.05) is 12.1 Å². The topological polar surface area (TPSA) is 70.0 Å². The van der Waals surface area contributed by atoms with Crippen LogP contribution in [0.4, 0.5) is 0 Å². The van der Waals surface area contributed by atoms with Crippen molar-refractivity contribution < 1.29 is 19.7 Å². The van der Waals surface area contributed by atoms with Crippen molar-refractivity contribution in [3.05, 3.63) is 29.8 Å². The highest BCUT2D eigenvalue weighted by molar-refractivity contribution is 5.94. The first-order chi connectivity index (χ1) is 10.6. The lowest BCUT2D eigenvalue weighted by Crippen LogP contribution is -2.42. The van der Waals surface area contributed by atoms with Gasteiger partial charge in [-0.3, -0.25) is 4.79 Å². The van der Waals surface area contributed by atoms with E-state index in [2.05, 4.69) is 4.90 Å². The summed E-state index contributed by atoms with van der Waals surface area (Å²) in [6, 6.07) is 6.99. The van der Waals surface area contributed by atoms with Crippen LogP contribution in [0, 0.1) is 5.92 Å². The van der Waals surface area contributed by atoms with E-state index >= 15 is 0 Å². The van der Waals surface area contributed by atoms with Crippen molar-refractivity contribution in [2.24, 2.45) is 5.92 Å². The minimum absolute atomic E-state index is 0.00522. The van der Waals surface area contributed by atoms with Gasteiger partial charge in [0.2, 0.25) is 0 Å². The summed E-state index contributed by atoms with van der Waals surface area (Å²) in [5.74, 6) is 0.905. The van der Waals surface area contributed by atoms with Crippen molar-refractivity contribution in [2.75, 3.05) is 32.8 Å². The van der Waals surface area contributed by atoms with Gasteiger partial charge >= 0.3 is 0 Å². The molecule has 5 heteroatoms. The summed E-state index contributed by atoms with van der Waals surface area (Å²) >= 11 is 0. The second kappa shape index (κ2) is 8.27. The number of benzene rings is 1. The van der Waals surface area contributed by atoms with Crippen LogP contribution in [0.5, 0.6) is 5.75 Å². The highest BCUT2D eigenvalue weighted by Crippen LogP contribution is 2.17. The second-order valence-electron chi connectivity index (χ2n) is 6.00. The number of ketones is 1. The standard InChI is InChI=1S/C17H25NO4/c1-13(20)15-5-2-6-17(8-15)22-12-16(21)10-18-7-3-4-14(9-18)11-19/h2,5-6,8,14,16,19,21H,3-4,7,9-12H2,1H3. The zero-order valence-corrected chi connectivity index (χ0v) is 13.1. The lowest BCUT2D eigenvalue weighted by atomic mass is 9.99. The number of rotatable bonds is 7. The van der Waals surface area contributed by atoms with Crippen LogP contribution in [0.3, 0.4) is 0 Å². The molecule has 5 nitrogen and oxygen atoms in total. The van der Waals surface area contributed by atoms with Gasteiger partial charge in [0.05, 0.1) is 0 Å². The maximum Gasteiger partial charge on any atom is 0.159 e. The van der Waals surface area contributed by atoms with Crippen molar-refractivity contribution in [2.45, 2.75) is 25.9 Å². The average molecular weight is 307 g/mol. The summed E-state index contributed by atoms with van der Waals surface area (Å²) in [6.07, 6.45) is 1.52. The van der Waals surface area contributed by atoms with Crippen LogP contribution in [0.2, 0.25) is 0 Å². The third kappa shape index (κ3) is 5.09. The minimum Gasteiger partial charge on any atom is -0.491 e. The van der Waals surface area contributed by atoms with E-state index < -0.39 is 6.10 Å². The molecule has 0 bridgehead atoms. The van der Waals surface area contributed by atoms with Gasteiger partial charge in [0.15, 0.2) is 5.78 Å². The van der Waals surface area contributed by atoms with Crippen molar-refractivity contribution in [1.82, 2.24) is 4.90 Å². The molecule has 0 spiro atoms. The van der Waals surface area contributed by atoms with E-state index in [4.69, 9.17) is 4.74 Å². The van der Waals surface area contributed by atoms with Gasteiger partial charge in [-0.25, -0.2) is 0 Å². The molecule has 2 atom stereocenters. The van der Waals surface area contributed by atoms with Gasteiger partial charge < -0.3 is 19.8 Å². The van der Waals surface area contributed by atoms with E-state index in [1.807, 2.05) is 0 Å². The van der Waals surface area contributed by atoms with Crippen LogP contribution in [0.1, 0.15) is 30.1 Å². The molecular weight excluding hydrogens is 282 g/mol. The number of aliphatic hydroxyl groups is 2. The largest absolute Gasteiger partial charge is 0.491 e. The molecule has 1 aliphatic rings. The quantitative estimate of drug-likeness (QED) is 0.744. The van der Waals surface area contributed by atoms with Gasteiger partial charge in [0.25, 0.3) is 0 Å². The molecule has 0 aromatic heterocycles. The van der Waals surface area contributed by atoms with Gasteiger partial charge in [0, 0.05) is 25.3 Å². The molecule has 1 heterocycles. The predicted octanol–water partition coefficient (Wildman–Crippen LogP) is 1.33. The number of carbonyl (C=O) groups is 1. The molecule has 2 unspecified atom stereocenters. The molecule has 1 aromatic carbocycles. The molecule has 1 fully saturated rings. The smallest absolute Gasteiger partial charge is 0.159 e. The number of β-amino-alcohol motifs (C(OH)–C–C–N with tert-alkyl or cyclic N) is 1. The third-order valence-corrected chi connectivity index (χ3v) is 4.01. The summed E-state index contributed by atoms with van der Waals surface area (Å²) in [7, 11) is 0. The summed E-state index contributed by atoms with van der Waals surface area (Å²) in [5, 5.41) is 19.3. The molecule has 0 radical (unpaired) electrons. The molecule has 0 saturated carbocycles. The van der Waals surface area contributed by atoms with Gasteiger partial charge in [-0.05, 0) is 44.4 Å². The van der Waals surface area contributed by atoms with E-state index in [0.717, 1.165) is 25.9 Å². The summed E-state index contributed by atoms with van der Waals surface area (Å²) in [6.45, 7) is 4.24. The van der Waals surface area contributed by atoms with Crippen molar-refractivity contribution in [3.8, 4) is 5.75 Å². The molecule has 22 heavy (non-hydrogen) atoms. The third-order valence-electron chi connectivity index (χ3n) is 4.01. The number of Topliss-reactive ketones (excluding diaryl/α,β-unsaturated/α-hetero) is 1. The number of ether oxygens (including phenoxy) is 1. The van der Waals surface area contributed by atoms with Gasteiger partial charge in [0.1, 0.15) is 18.5 Å². The maximum atomic E-state index is 11.3. The number of hydrogen-bond donors (Lipinski definition) is 2. The fraction of sp³-hybridized carbons (Fsp3) is 0.588. The molecule has 2 rings (SSSR count). The normalized spacial score (nSPS) is 20.6. The molecular formula is C17H25NO4. The fourth-order valence-electron chi connectivity index (χ4n) is 2.81. The van der Waals surface area contributed by atoms with Gasteiger partial charge in [-0.2, -0.15) is 0 Å². The van der Waals surface area contributed by atoms with Crippen LogP contribution < -0.4 is 4.74 Å². The Kier molecular flexibility index (Phi) is 6.36. The second-order valence-corrected chi connectivity index (χ2v) is 6.00. The minimum atomic E-state index is -0.585. The SMILES string of the molecule is CC(=O)c1cccc(OCC(O)CN2CCCC(CO)C2)c1. The van der Waals surface area contributed by atoms with Crippen LogP contribution in [0.25, 0.3) is 0 Å². The lowest BCUT2D eigenvalue weighted by Gasteiger charge is -2.33. The Balaban J connectivity index is 1.78. The van der Waals surface area contributed by atoms with Crippen LogP contribution in [-0.4, -0.2) is 59.8 Å². The van der Waals surface area contributed by atoms with Crippen molar-refractivity contribution >= 4 is 5.78 Å². The highest BCUT2D eigenvalue weighted by Gasteiger charge is 2.21. The van der Waals surface area contributed by atoms with Crippen LogP contribution >= 0.6 is 0 Å². The maximum absolute atomic E-state index is 11.3. The Hall–Kier alpha value is -1.43. The predicted molar refractivity (Wildman–Crippen MR) is 84.2 cm³/mol. The lowest BCUT2D eigenvalue weighted by molar-refractivity contribution is 0.0431. The van der Waals surface area contributed by atoms with Crippen LogP contribution in [-0.2, 0) is 0 Å². The summed E-state index contributed by atoms with van der Waals surface area (Å²) < 4.78 is 5.58. The number of aliphatic hydroxyl groups excluding tert-OH is 2. The number of hydrogen-bond acceptors (Lipinski definition) is 5. The highest BCUT2D eigenvalue weighted by atomic mass is 16.5.